The fourth-order valence-electron chi connectivity index (χ4n) is 1.40. The van der Waals surface area contributed by atoms with Gasteiger partial charge in [-0.2, -0.15) is 5.26 Å². The Morgan fingerprint density at radius 1 is 1.33 bits per heavy atom. The van der Waals surface area contributed by atoms with Crippen LogP contribution in [0.25, 0.3) is 0 Å². The van der Waals surface area contributed by atoms with Crippen LogP contribution in [-0.4, -0.2) is 0 Å². The zero-order chi connectivity index (χ0) is 11.3. The predicted molar refractivity (Wildman–Crippen MR) is 64.1 cm³/mol. The van der Waals surface area contributed by atoms with Crippen LogP contribution in [0, 0.1) is 11.3 Å². The summed E-state index contributed by atoms with van der Waals surface area (Å²) in [6, 6.07) is 9.32. The van der Waals surface area contributed by atoms with E-state index in [4.69, 9.17) is 28.5 Å². The number of alkyl halides is 1. The van der Waals surface area contributed by atoms with Crippen molar-refractivity contribution < 1.29 is 0 Å². The second-order valence-corrected chi connectivity index (χ2v) is 4.61. The van der Waals surface area contributed by atoms with E-state index in [0.29, 0.717) is 11.4 Å². The van der Waals surface area contributed by atoms with E-state index in [1.807, 2.05) is 12.1 Å². The Hall–Kier alpha value is -0.710. The molecule has 1 rings (SSSR count). The second-order valence-electron chi connectivity index (χ2n) is 3.52. The van der Waals surface area contributed by atoms with Crippen LogP contribution in [-0.2, 0) is 4.87 Å². The van der Waals surface area contributed by atoms with Gasteiger partial charge in [0.05, 0.1) is 6.07 Å². The number of rotatable bonds is 4. The lowest BCUT2D eigenvalue weighted by atomic mass is 9.94. The Labute approximate surface area is 101 Å². The maximum absolute atomic E-state index is 9.12. The third-order valence-corrected chi connectivity index (χ3v) is 3.10. The minimum Gasteiger partial charge on any atom is -0.196 e. The van der Waals surface area contributed by atoms with E-state index in [9.17, 15) is 0 Å². The first kappa shape index (κ1) is 12.4. The van der Waals surface area contributed by atoms with Crippen molar-refractivity contribution in [1.82, 2.24) is 0 Å². The van der Waals surface area contributed by atoms with Gasteiger partial charge in [0.2, 0.25) is 0 Å². The van der Waals surface area contributed by atoms with Gasteiger partial charge in [-0.05, 0) is 24.1 Å². The van der Waals surface area contributed by atoms with Crippen LogP contribution in [0.1, 0.15) is 31.7 Å². The van der Waals surface area contributed by atoms with Crippen molar-refractivity contribution in [3.63, 3.8) is 0 Å². The van der Waals surface area contributed by atoms with Gasteiger partial charge in [-0.3, -0.25) is 0 Å². The molecule has 1 aromatic rings. The molecule has 3 heteroatoms. The highest BCUT2D eigenvalue weighted by Crippen LogP contribution is 2.34. The van der Waals surface area contributed by atoms with Crippen LogP contribution in [0.15, 0.2) is 24.3 Å². The Morgan fingerprint density at radius 2 is 1.93 bits per heavy atom. The summed E-state index contributed by atoms with van der Waals surface area (Å²) in [7, 11) is 0. The van der Waals surface area contributed by atoms with Gasteiger partial charge in [0.1, 0.15) is 0 Å². The van der Waals surface area contributed by atoms with Crippen LogP contribution >= 0.6 is 23.2 Å². The summed E-state index contributed by atoms with van der Waals surface area (Å²) < 4.78 is 0. The van der Waals surface area contributed by atoms with Gasteiger partial charge in [-0.1, -0.05) is 55.1 Å². The summed E-state index contributed by atoms with van der Waals surface area (Å²) in [5, 5.41) is 9.78. The Balaban J connectivity index is 2.91. The fourth-order valence-corrected chi connectivity index (χ4v) is 1.78. The average Bonchev–Trinajstić information content (AvgIpc) is 2.27. The third kappa shape index (κ3) is 3.12. The smallest absolute Gasteiger partial charge is 0.155 e. The topological polar surface area (TPSA) is 23.8 Å². The Bertz CT molecular complexity index is 353. The van der Waals surface area contributed by atoms with Gasteiger partial charge in [0, 0.05) is 5.02 Å². The number of unbranched alkanes of at least 4 members (excludes halogenated alkanes) is 1. The van der Waals surface area contributed by atoms with Crippen molar-refractivity contribution in [1.29, 1.82) is 5.26 Å². The second kappa shape index (κ2) is 5.39. The first-order valence-corrected chi connectivity index (χ1v) is 5.74. The summed E-state index contributed by atoms with van der Waals surface area (Å²) >= 11 is 12.1. The van der Waals surface area contributed by atoms with Crippen molar-refractivity contribution in [2.24, 2.45) is 0 Å². The Kier molecular flexibility index (Phi) is 4.45. The maximum atomic E-state index is 9.12. The minimum atomic E-state index is -0.902. The molecular formula is C12H13Cl2N. The highest BCUT2D eigenvalue weighted by molar-refractivity contribution is 6.30. The largest absolute Gasteiger partial charge is 0.196 e. The monoisotopic (exact) mass is 241 g/mol. The van der Waals surface area contributed by atoms with Gasteiger partial charge >= 0.3 is 0 Å². The third-order valence-electron chi connectivity index (χ3n) is 2.35. The molecule has 1 unspecified atom stereocenters. The SMILES string of the molecule is CCCCC(Cl)(C#N)c1ccc(Cl)cc1. The van der Waals surface area contributed by atoms with Crippen molar-refractivity contribution in [2.45, 2.75) is 31.1 Å². The van der Waals surface area contributed by atoms with E-state index >= 15 is 0 Å². The van der Waals surface area contributed by atoms with Gasteiger partial charge in [-0.15, -0.1) is 0 Å². The molecule has 0 amide bonds. The number of nitriles is 1. The molecule has 15 heavy (non-hydrogen) atoms. The lowest BCUT2D eigenvalue weighted by Gasteiger charge is -2.19. The van der Waals surface area contributed by atoms with Crippen molar-refractivity contribution in [2.75, 3.05) is 0 Å². The lowest BCUT2D eigenvalue weighted by molar-refractivity contribution is 0.623. The molecule has 0 aliphatic heterocycles. The molecule has 0 aromatic heterocycles. The molecule has 0 bridgehead atoms. The molecule has 0 heterocycles. The van der Waals surface area contributed by atoms with E-state index in [1.165, 1.54) is 0 Å². The van der Waals surface area contributed by atoms with E-state index in [1.54, 1.807) is 12.1 Å². The Morgan fingerprint density at radius 3 is 2.40 bits per heavy atom. The van der Waals surface area contributed by atoms with Crippen molar-refractivity contribution in [3.8, 4) is 6.07 Å². The molecule has 1 atom stereocenters. The normalized spacial score (nSPS) is 14.3. The molecule has 0 radical (unpaired) electrons. The van der Waals surface area contributed by atoms with E-state index in [0.717, 1.165) is 18.4 Å². The quantitative estimate of drug-likeness (QED) is 0.713. The maximum Gasteiger partial charge on any atom is 0.155 e. The molecule has 0 fully saturated rings. The summed E-state index contributed by atoms with van der Waals surface area (Å²) in [6.07, 6.45) is 2.65. The first-order chi connectivity index (χ1) is 7.12. The first-order valence-electron chi connectivity index (χ1n) is 4.98. The summed E-state index contributed by atoms with van der Waals surface area (Å²) in [4.78, 5) is -0.902. The van der Waals surface area contributed by atoms with Crippen LogP contribution in [0.2, 0.25) is 5.02 Å². The van der Waals surface area contributed by atoms with Gasteiger partial charge in [0.25, 0.3) is 0 Å². The average molecular weight is 242 g/mol. The van der Waals surface area contributed by atoms with Gasteiger partial charge < -0.3 is 0 Å². The van der Waals surface area contributed by atoms with E-state index < -0.39 is 4.87 Å². The summed E-state index contributed by atoms with van der Waals surface area (Å²) in [5.41, 5.74) is 0.824. The molecule has 0 saturated carbocycles. The van der Waals surface area contributed by atoms with Crippen LogP contribution in [0.3, 0.4) is 0 Å². The summed E-state index contributed by atoms with van der Waals surface area (Å²) in [5.74, 6) is 0. The van der Waals surface area contributed by atoms with Crippen LogP contribution in [0.4, 0.5) is 0 Å². The molecule has 1 aromatic carbocycles. The summed E-state index contributed by atoms with van der Waals surface area (Å²) in [6.45, 7) is 2.08. The number of hydrogen-bond acceptors (Lipinski definition) is 1. The zero-order valence-corrected chi connectivity index (χ0v) is 10.1. The number of halogens is 2. The molecular weight excluding hydrogens is 229 g/mol. The highest BCUT2D eigenvalue weighted by Gasteiger charge is 2.28. The fraction of sp³-hybridized carbons (Fsp3) is 0.417. The number of benzene rings is 1. The molecule has 1 nitrogen and oxygen atoms in total. The van der Waals surface area contributed by atoms with Crippen molar-refractivity contribution in [3.05, 3.63) is 34.9 Å². The van der Waals surface area contributed by atoms with Crippen LogP contribution < -0.4 is 0 Å². The minimum absolute atomic E-state index is 0.659. The number of nitrogens with zero attached hydrogens (tertiary/aromatic N) is 1. The zero-order valence-electron chi connectivity index (χ0n) is 8.63. The van der Waals surface area contributed by atoms with Gasteiger partial charge in [-0.25, -0.2) is 0 Å². The predicted octanol–water partition coefficient (Wildman–Crippen LogP) is 4.49. The molecule has 80 valence electrons. The molecule has 0 N–H and O–H groups in total. The van der Waals surface area contributed by atoms with Crippen LogP contribution in [0.5, 0.6) is 0 Å². The molecule has 0 aliphatic carbocycles. The van der Waals surface area contributed by atoms with Crippen molar-refractivity contribution >= 4 is 23.2 Å². The molecule has 0 spiro atoms. The van der Waals surface area contributed by atoms with Gasteiger partial charge in [0.15, 0.2) is 4.87 Å². The standard InChI is InChI=1S/C12H13Cl2N/c1-2-3-8-12(14,9-15)10-4-6-11(13)7-5-10/h4-7H,2-3,8H2,1H3. The highest BCUT2D eigenvalue weighted by atomic mass is 35.5. The van der Waals surface area contributed by atoms with E-state index in [2.05, 4.69) is 13.0 Å². The molecule has 0 aliphatic rings. The molecule has 0 saturated heterocycles. The lowest BCUT2D eigenvalue weighted by Crippen LogP contribution is -2.15. The number of hydrogen-bond donors (Lipinski definition) is 0. The van der Waals surface area contributed by atoms with E-state index in [-0.39, 0.29) is 0 Å².